The Morgan fingerprint density at radius 3 is 2.05 bits per heavy atom. The summed E-state index contributed by atoms with van der Waals surface area (Å²) >= 11 is 6.23. The number of para-hydroxylation sites is 1. The van der Waals surface area contributed by atoms with Crippen molar-refractivity contribution in [3.8, 4) is 0 Å². The van der Waals surface area contributed by atoms with Gasteiger partial charge in [-0.1, -0.05) is 60.1 Å². The van der Waals surface area contributed by atoms with Crippen LogP contribution < -0.4 is 10.2 Å². The number of carbonyl (C=O) groups is 3. The molecular formula is C29H27ClN4O3. The molecule has 3 aromatic rings. The molecule has 1 saturated heterocycles. The normalized spacial score (nSPS) is 16.0. The number of nitrogens with one attached hydrogen (secondary N) is 1. The third-order valence-electron chi connectivity index (χ3n) is 6.67. The van der Waals surface area contributed by atoms with Gasteiger partial charge in [0.25, 0.3) is 17.7 Å². The van der Waals surface area contributed by atoms with E-state index in [0.717, 1.165) is 29.2 Å². The van der Waals surface area contributed by atoms with Crippen molar-refractivity contribution in [2.24, 2.45) is 0 Å². The Balaban J connectivity index is 1.18. The summed E-state index contributed by atoms with van der Waals surface area (Å²) in [6.07, 6.45) is 0.548. The van der Waals surface area contributed by atoms with Crippen LogP contribution in [0.2, 0.25) is 0 Å². The molecule has 0 aromatic heterocycles. The molecule has 0 unspecified atom stereocenters. The maximum Gasteiger partial charge on any atom is 0.278 e. The highest BCUT2D eigenvalue weighted by molar-refractivity contribution is 6.48. The molecule has 3 aromatic carbocycles. The third kappa shape index (κ3) is 5.37. The van der Waals surface area contributed by atoms with Crippen molar-refractivity contribution in [1.29, 1.82) is 0 Å². The van der Waals surface area contributed by atoms with E-state index in [9.17, 15) is 14.4 Å². The first-order valence-corrected chi connectivity index (χ1v) is 12.7. The van der Waals surface area contributed by atoms with Gasteiger partial charge in [-0.25, -0.2) is 0 Å². The predicted octanol–water partition coefficient (Wildman–Crippen LogP) is 4.12. The SMILES string of the molecule is O=C(c1ccc(NC2=C(Cl)C(=O)N(CCc3ccccc3)C2=O)cc1)N1CCN(c2ccccc2)CC1. The Morgan fingerprint density at radius 1 is 0.784 bits per heavy atom. The quantitative estimate of drug-likeness (QED) is 0.480. The van der Waals surface area contributed by atoms with E-state index in [-0.39, 0.29) is 23.2 Å². The first-order valence-electron chi connectivity index (χ1n) is 12.3. The van der Waals surface area contributed by atoms with E-state index in [1.165, 1.54) is 0 Å². The summed E-state index contributed by atoms with van der Waals surface area (Å²) in [7, 11) is 0. The molecule has 5 rings (SSSR count). The molecule has 0 saturated carbocycles. The lowest BCUT2D eigenvalue weighted by Crippen LogP contribution is -2.48. The molecule has 0 spiro atoms. The Hall–Kier alpha value is -4.10. The zero-order valence-electron chi connectivity index (χ0n) is 20.3. The molecule has 3 amide bonds. The van der Waals surface area contributed by atoms with Gasteiger partial charge in [-0.3, -0.25) is 19.3 Å². The van der Waals surface area contributed by atoms with Crippen molar-refractivity contribution in [3.05, 3.63) is 107 Å². The van der Waals surface area contributed by atoms with Gasteiger partial charge in [0.1, 0.15) is 10.7 Å². The van der Waals surface area contributed by atoms with Crippen LogP contribution in [0.5, 0.6) is 0 Å². The van der Waals surface area contributed by atoms with Gasteiger partial charge in [-0.05, 0) is 48.4 Å². The summed E-state index contributed by atoms with van der Waals surface area (Å²) in [6, 6.07) is 26.7. The molecule has 37 heavy (non-hydrogen) atoms. The Bertz CT molecular complexity index is 1320. The number of hydrogen-bond donors (Lipinski definition) is 1. The number of anilines is 2. The van der Waals surface area contributed by atoms with Crippen LogP contribution in [0.1, 0.15) is 15.9 Å². The molecule has 0 bridgehead atoms. The fourth-order valence-corrected chi connectivity index (χ4v) is 4.80. The van der Waals surface area contributed by atoms with Crippen LogP contribution in [0.25, 0.3) is 0 Å². The minimum Gasteiger partial charge on any atom is -0.368 e. The number of rotatable bonds is 7. The van der Waals surface area contributed by atoms with Crippen LogP contribution in [-0.4, -0.2) is 60.2 Å². The van der Waals surface area contributed by atoms with Crippen molar-refractivity contribution >= 4 is 40.7 Å². The molecule has 1 fully saturated rings. The van der Waals surface area contributed by atoms with Crippen LogP contribution >= 0.6 is 11.6 Å². The Labute approximate surface area is 220 Å². The first kappa shape index (κ1) is 24.6. The average molecular weight is 515 g/mol. The van der Waals surface area contributed by atoms with Gasteiger partial charge in [0.05, 0.1) is 0 Å². The lowest BCUT2D eigenvalue weighted by atomic mass is 10.1. The van der Waals surface area contributed by atoms with Crippen LogP contribution in [0, 0.1) is 0 Å². The lowest BCUT2D eigenvalue weighted by molar-refractivity contribution is -0.137. The molecule has 188 valence electrons. The van der Waals surface area contributed by atoms with E-state index in [1.807, 2.05) is 53.4 Å². The van der Waals surface area contributed by atoms with Crippen molar-refractivity contribution in [3.63, 3.8) is 0 Å². The zero-order valence-corrected chi connectivity index (χ0v) is 21.0. The van der Waals surface area contributed by atoms with Crippen molar-refractivity contribution in [1.82, 2.24) is 9.80 Å². The van der Waals surface area contributed by atoms with Gasteiger partial charge < -0.3 is 15.1 Å². The van der Waals surface area contributed by atoms with E-state index in [2.05, 4.69) is 22.3 Å². The summed E-state index contributed by atoms with van der Waals surface area (Å²) in [6.45, 7) is 3.09. The molecule has 8 heteroatoms. The van der Waals surface area contributed by atoms with Gasteiger partial charge in [-0.15, -0.1) is 0 Å². The number of piperazine rings is 1. The van der Waals surface area contributed by atoms with Crippen LogP contribution in [0.4, 0.5) is 11.4 Å². The third-order valence-corrected chi connectivity index (χ3v) is 7.02. The highest BCUT2D eigenvalue weighted by atomic mass is 35.5. The molecule has 0 atom stereocenters. The molecule has 2 heterocycles. The minimum absolute atomic E-state index is 0.0317. The predicted molar refractivity (Wildman–Crippen MR) is 144 cm³/mol. The molecule has 0 aliphatic carbocycles. The molecule has 7 nitrogen and oxygen atoms in total. The Morgan fingerprint density at radius 2 is 1.41 bits per heavy atom. The summed E-state index contributed by atoms with van der Waals surface area (Å²) in [5.74, 6) is -0.996. The summed E-state index contributed by atoms with van der Waals surface area (Å²) in [5, 5.41) is 2.84. The van der Waals surface area contributed by atoms with Crippen molar-refractivity contribution < 1.29 is 14.4 Å². The lowest BCUT2D eigenvalue weighted by Gasteiger charge is -2.36. The number of halogens is 1. The number of amides is 3. The zero-order chi connectivity index (χ0) is 25.8. The maximum atomic E-state index is 13.0. The monoisotopic (exact) mass is 514 g/mol. The van der Waals surface area contributed by atoms with Gasteiger partial charge in [0.2, 0.25) is 0 Å². The second-order valence-corrected chi connectivity index (χ2v) is 9.38. The van der Waals surface area contributed by atoms with E-state index >= 15 is 0 Å². The van der Waals surface area contributed by atoms with E-state index in [1.54, 1.807) is 24.3 Å². The van der Waals surface area contributed by atoms with E-state index < -0.39 is 11.8 Å². The molecule has 2 aliphatic rings. The summed E-state index contributed by atoms with van der Waals surface area (Å²) in [4.78, 5) is 43.8. The van der Waals surface area contributed by atoms with Gasteiger partial charge >= 0.3 is 0 Å². The van der Waals surface area contributed by atoms with Gasteiger partial charge in [0, 0.05) is 49.7 Å². The Kier molecular flexibility index (Phi) is 7.23. The number of hydrogen-bond acceptors (Lipinski definition) is 5. The second-order valence-electron chi connectivity index (χ2n) is 9.00. The number of carbonyl (C=O) groups excluding carboxylic acids is 3. The van der Waals surface area contributed by atoms with Crippen LogP contribution in [0.3, 0.4) is 0 Å². The van der Waals surface area contributed by atoms with E-state index in [4.69, 9.17) is 11.6 Å². The largest absolute Gasteiger partial charge is 0.368 e. The first-order chi connectivity index (χ1) is 18.0. The topological polar surface area (TPSA) is 73.0 Å². The van der Waals surface area contributed by atoms with Gasteiger partial charge in [0.15, 0.2) is 0 Å². The molecule has 2 aliphatic heterocycles. The smallest absolute Gasteiger partial charge is 0.278 e. The van der Waals surface area contributed by atoms with Crippen LogP contribution in [0.15, 0.2) is 95.7 Å². The van der Waals surface area contributed by atoms with E-state index in [0.29, 0.717) is 30.8 Å². The molecular weight excluding hydrogens is 488 g/mol. The molecule has 1 N–H and O–H groups in total. The fraction of sp³-hybridized carbons (Fsp3) is 0.207. The number of imide groups is 1. The summed E-state index contributed by atoms with van der Waals surface area (Å²) < 4.78 is 0. The number of nitrogens with zero attached hydrogens (tertiary/aromatic N) is 3. The maximum absolute atomic E-state index is 13.0. The second kappa shape index (κ2) is 10.9. The summed E-state index contributed by atoms with van der Waals surface area (Å²) in [5.41, 5.74) is 3.39. The fourth-order valence-electron chi connectivity index (χ4n) is 4.57. The number of benzene rings is 3. The molecule has 0 radical (unpaired) electrons. The van der Waals surface area contributed by atoms with Crippen molar-refractivity contribution in [2.75, 3.05) is 42.9 Å². The highest BCUT2D eigenvalue weighted by Crippen LogP contribution is 2.26. The minimum atomic E-state index is -0.508. The van der Waals surface area contributed by atoms with Gasteiger partial charge in [-0.2, -0.15) is 0 Å². The highest BCUT2D eigenvalue weighted by Gasteiger charge is 2.37. The standard InChI is InChI=1S/C29H27ClN4O3/c30-25-26(29(37)34(28(25)36)16-15-21-7-3-1-4-8-21)31-23-13-11-22(12-14-23)27(35)33-19-17-32(18-20-33)24-9-5-2-6-10-24/h1-14,31H,15-20H2. The van der Waals surface area contributed by atoms with Crippen molar-refractivity contribution in [2.45, 2.75) is 6.42 Å². The van der Waals surface area contributed by atoms with Crippen LogP contribution in [-0.2, 0) is 16.0 Å². The average Bonchev–Trinajstić information content (AvgIpc) is 3.15.